The molecule has 0 bridgehead atoms. The molecule has 1 fully saturated rings. The van der Waals surface area contributed by atoms with Crippen molar-refractivity contribution >= 4 is 6.03 Å². The van der Waals surface area contributed by atoms with E-state index < -0.39 is 5.60 Å². The molecule has 1 saturated carbocycles. The molecule has 1 heterocycles. The maximum Gasteiger partial charge on any atom is 0.315 e. The summed E-state index contributed by atoms with van der Waals surface area (Å²) in [4.78, 5) is 12.1. The van der Waals surface area contributed by atoms with Crippen molar-refractivity contribution in [2.24, 2.45) is 0 Å². The molecule has 0 aliphatic heterocycles. The minimum absolute atomic E-state index is 0.276. The highest BCUT2D eigenvalue weighted by Gasteiger charge is 2.34. The molecule has 0 spiro atoms. The third kappa shape index (κ3) is 3.31. The summed E-state index contributed by atoms with van der Waals surface area (Å²) in [6, 6.07) is 12.6. The Balaban J connectivity index is 1.66. The Morgan fingerprint density at radius 2 is 2.00 bits per heavy atom. The third-order valence-corrected chi connectivity index (χ3v) is 4.10. The van der Waals surface area contributed by atoms with Crippen LogP contribution in [0, 0.1) is 0 Å². The Morgan fingerprint density at radius 3 is 2.59 bits per heavy atom. The second-order valence-electron chi connectivity index (χ2n) is 5.76. The molecule has 5 nitrogen and oxygen atoms in total. The van der Waals surface area contributed by atoms with Gasteiger partial charge in [-0.25, -0.2) is 4.79 Å². The molecule has 1 aromatic heterocycles. The van der Waals surface area contributed by atoms with Crippen LogP contribution < -0.4 is 10.6 Å². The largest absolute Gasteiger partial charge is 0.467 e. The van der Waals surface area contributed by atoms with Crippen molar-refractivity contribution in [1.29, 1.82) is 0 Å². The molecule has 2 amide bonds. The molecule has 3 N–H and O–H groups in total. The number of furan rings is 1. The molecular formula is C17H20N2O3. The van der Waals surface area contributed by atoms with Gasteiger partial charge < -0.3 is 20.2 Å². The minimum Gasteiger partial charge on any atom is -0.467 e. The maximum absolute atomic E-state index is 12.1. The number of rotatable bonds is 5. The summed E-state index contributed by atoms with van der Waals surface area (Å²) in [7, 11) is 0. The first-order valence-electron chi connectivity index (χ1n) is 7.51. The molecule has 3 rings (SSSR count). The van der Waals surface area contributed by atoms with E-state index in [1.54, 1.807) is 12.3 Å². The molecule has 1 atom stereocenters. The summed E-state index contributed by atoms with van der Waals surface area (Å²) in [5.41, 5.74) is 0.208. The van der Waals surface area contributed by atoms with Crippen LogP contribution in [0.2, 0.25) is 0 Å². The average Bonchev–Trinajstić information content (AvgIpc) is 3.03. The van der Waals surface area contributed by atoms with Crippen LogP contribution in [-0.4, -0.2) is 23.3 Å². The summed E-state index contributed by atoms with van der Waals surface area (Å²) in [6.07, 6.45) is 4.09. The molecule has 2 aromatic rings. The van der Waals surface area contributed by atoms with Gasteiger partial charge in [-0.1, -0.05) is 30.3 Å². The summed E-state index contributed by atoms with van der Waals surface area (Å²) >= 11 is 0. The number of carbonyl (C=O) groups excluding carboxylic acids is 1. The maximum atomic E-state index is 12.1. The first-order valence-corrected chi connectivity index (χ1v) is 7.51. The predicted molar refractivity (Wildman–Crippen MR) is 82.3 cm³/mol. The van der Waals surface area contributed by atoms with Gasteiger partial charge in [0.25, 0.3) is 0 Å². The van der Waals surface area contributed by atoms with E-state index in [1.165, 1.54) is 0 Å². The van der Waals surface area contributed by atoms with Crippen molar-refractivity contribution in [3.05, 3.63) is 60.1 Å². The van der Waals surface area contributed by atoms with Crippen LogP contribution in [-0.2, 0) is 0 Å². The molecule has 5 heteroatoms. The highest BCUT2D eigenvalue weighted by Crippen LogP contribution is 2.30. The van der Waals surface area contributed by atoms with E-state index in [-0.39, 0.29) is 18.6 Å². The van der Waals surface area contributed by atoms with Gasteiger partial charge in [0.15, 0.2) is 0 Å². The van der Waals surface area contributed by atoms with Crippen LogP contribution in [0.15, 0.2) is 53.1 Å². The van der Waals surface area contributed by atoms with E-state index in [0.717, 1.165) is 24.8 Å². The summed E-state index contributed by atoms with van der Waals surface area (Å²) in [5, 5.41) is 15.7. The SMILES string of the molecule is O=C(NCC1(O)CCC1)NC(c1ccccc1)c1ccco1. The smallest absolute Gasteiger partial charge is 0.315 e. The van der Waals surface area contributed by atoms with Crippen molar-refractivity contribution < 1.29 is 14.3 Å². The quantitative estimate of drug-likeness (QED) is 0.794. The van der Waals surface area contributed by atoms with Gasteiger partial charge in [-0.05, 0) is 37.0 Å². The van der Waals surface area contributed by atoms with Crippen LogP contribution >= 0.6 is 0 Å². The van der Waals surface area contributed by atoms with Gasteiger partial charge in [-0.2, -0.15) is 0 Å². The number of aliphatic hydroxyl groups is 1. The molecule has 0 saturated heterocycles. The molecular weight excluding hydrogens is 280 g/mol. The molecule has 116 valence electrons. The Hall–Kier alpha value is -2.27. The van der Waals surface area contributed by atoms with Gasteiger partial charge in [0.1, 0.15) is 11.8 Å². The molecule has 1 aliphatic carbocycles. The molecule has 1 unspecified atom stereocenters. The lowest BCUT2D eigenvalue weighted by Crippen LogP contribution is -2.50. The van der Waals surface area contributed by atoms with Crippen LogP contribution in [0.4, 0.5) is 4.79 Å². The Labute approximate surface area is 129 Å². The molecule has 1 aliphatic rings. The number of benzene rings is 1. The zero-order valence-electron chi connectivity index (χ0n) is 12.3. The van der Waals surface area contributed by atoms with Crippen LogP contribution in [0.1, 0.15) is 36.6 Å². The van der Waals surface area contributed by atoms with E-state index in [4.69, 9.17) is 4.42 Å². The first kappa shape index (κ1) is 14.7. The lowest BCUT2D eigenvalue weighted by Gasteiger charge is -2.36. The van der Waals surface area contributed by atoms with E-state index in [1.807, 2.05) is 36.4 Å². The Bertz CT molecular complexity index is 606. The molecule has 22 heavy (non-hydrogen) atoms. The second kappa shape index (κ2) is 6.23. The Morgan fingerprint density at radius 1 is 1.23 bits per heavy atom. The van der Waals surface area contributed by atoms with E-state index in [0.29, 0.717) is 5.76 Å². The van der Waals surface area contributed by atoms with Crippen molar-refractivity contribution in [2.75, 3.05) is 6.54 Å². The zero-order valence-corrected chi connectivity index (χ0v) is 12.3. The topological polar surface area (TPSA) is 74.5 Å². The van der Waals surface area contributed by atoms with Crippen LogP contribution in [0.3, 0.4) is 0 Å². The minimum atomic E-state index is -0.732. The van der Waals surface area contributed by atoms with Gasteiger partial charge >= 0.3 is 6.03 Å². The lowest BCUT2D eigenvalue weighted by molar-refractivity contribution is -0.0290. The van der Waals surface area contributed by atoms with E-state index in [2.05, 4.69) is 10.6 Å². The number of hydrogen-bond donors (Lipinski definition) is 3. The van der Waals surface area contributed by atoms with E-state index in [9.17, 15) is 9.90 Å². The van der Waals surface area contributed by atoms with Gasteiger partial charge in [-0.15, -0.1) is 0 Å². The first-order chi connectivity index (χ1) is 10.7. The fourth-order valence-corrected chi connectivity index (χ4v) is 2.61. The number of hydrogen-bond acceptors (Lipinski definition) is 3. The fourth-order valence-electron chi connectivity index (χ4n) is 2.61. The van der Waals surface area contributed by atoms with Gasteiger partial charge in [0.05, 0.1) is 11.9 Å². The second-order valence-corrected chi connectivity index (χ2v) is 5.76. The zero-order chi connectivity index (χ0) is 15.4. The van der Waals surface area contributed by atoms with E-state index >= 15 is 0 Å². The lowest BCUT2D eigenvalue weighted by atomic mass is 9.80. The summed E-state index contributed by atoms with van der Waals surface area (Å²) in [5.74, 6) is 0.670. The predicted octanol–water partition coefficient (Wildman–Crippen LogP) is 2.58. The highest BCUT2D eigenvalue weighted by atomic mass is 16.3. The van der Waals surface area contributed by atoms with Crippen molar-refractivity contribution in [3.63, 3.8) is 0 Å². The normalized spacial score (nSPS) is 17.3. The summed E-state index contributed by atoms with van der Waals surface area (Å²) in [6.45, 7) is 0.276. The van der Waals surface area contributed by atoms with Gasteiger partial charge in [-0.3, -0.25) is 0 Å². The number of nitrogens with one attached hydrogen (secondary N) is 2. The summed E-state index contributed by atoms with van der Waals surface area (Å²) < 4.78 is 5.44. The van der Waals surface area contributed by atoms with Crippen molar-refractivity contribution in [3.8, 4) is 0 Å². The van der Waals surface area contributed by atoms with Crippen LogP contribution in [0.5, 0.6) is 0 Å². The monoisotopic (exact) mass is 300 g/mol. The standard InChI is InChI=1S/C17H20N2O3/c20-16(18-12-17(21)9-5-10-17)19-15(14-8-4-11-22-14)13-6-2-1-3-7-13/h1-4,6-8,11,15,21H,5,9-10,12H2,(H2,18,19,20). The molecule has 1 aromatic carbocycles. The number of urea groups is 1. The number of amides is 2. The van der Waals surface area contributed by atoms with Crippen LogP contribution in [0.25, 0.3) is 0 Å². The highest BCUT2D eigenvalue weighted by molar-refractivity contribution is 5.75. The van der Waals surface area contributed by atoms with Gasteiger partial charge in [0, 0.05) is 6.54 Å². The van der Waals surface area contributed by atoms with Gasteiger partial charge in [0.2, 0.25) is 0 Å². The fraction of sp³-hybridized carbons (Fsp3) is 0.353. The van der Waals surface area contributed by atoms with Crippen molar-refractivity contribution in [2.45, 2.75) is 30.9 Å². The average molecular weight is 300 g/mol. The Kier molecular flexibility index (Phi) is 4.15. The number of carbonyl (C=O) groups is 1. The third-order valence-electron chi connectivity index (χ3n) is 4.10. The van der Waals surface area contributed by atoms with Crippen molar-refractivity contribution in [1.82, 2.24) is 10.6 Å². The molecule has 0 radical (unpaired) electrons.